The zero-order valence-corrected chi connectivity index (χ0v) is 16.8. The maximum Gasteiger partial charge on any atom is 0.258 e. The van der Waals surface area contributed by atoms with E-state index in [0.717, 1.165) is 12.0 Å². The number of carbonyl (C=O) groups excluding carboxylic acids is 1. The monoisotopic (exact) mass is 411 g/mol. The van der Waals surface area contributed by atoms with Crippen molar-refractivity contribution in [1.29, 1.82) is 0 Å². The van der Waals surface area contributed by atoms with Crippen LogP contribution in [0.1, 0.15) is 29.3 Å². The van der Waals surface area contributed by atoms with Crippen LogP contribution < -0.4 is 9.62 Å². The van der Waals surface area contributed by atoms with E-state index in [2.05, 4.69) is 17.4 Å². The number of hydrogen-bond acceptors (Lipinski definition) is 5. The molecule has 3 aromatic rings. The summed E-state index contributed by atoms with van der Waals surface area (Å²) in [6, 6.07) is 16.1. The quantitative estimate of drug-likeness (QED) is 0.691. The molecule has 1 aliphatic rings. The maximum atomic E-state index is 12.5. The topological polar surface area (TPSA) is 92.5 Å². The Morgan fingerprint density at radius 3 is 2.48 bits per heavy atom. The minimum absolute atomic E-state index is 0.157. The number of hydrogen-bond donors (Lipinski definition) is 1. The van der Waals surface area contributed by atoms with Crippen LogP contribution in [0, 0.1) is 0 Å². The summed E-state index contributed by atoms with van der Waals surface area (Å²) >= 11 is 0. The van der Waals surface area contributed by atoms with Gasteiger partial charge in [-0.05, 0) is 42.7 Å². The standard InChI is InChI=1S/C21H21N3O4S/c1-2-15-4-6-16(7-5-15)19-14-20(28-23-19)22-21(25)17-8-10-18(11-9-17)24-12-3-13-29(24,26)27/h4-11,14H,2-3,12-13H2,1H3,(H,22,25). The van der Waals surface area contributed by atoms with E-state index in [4.69, 9.17) is 4.52 Å². The van der Waals surface area contributed by atoms with Crippen LogP contribution in [0.15, 0.2) is 59.1 Å². The van der Waals surface area contributed by atoms with E-state index in [-0.39, 0.29) is 17.5 Å². The molecule has 150 valence electrons. The summed E-state index contributed by atoms with van der Waals surface area (Å²) in [6.07, 6.45) is 1.57. The summed E-state index contributed by atoms with van der Waals surface area (Å²) in [7, 11) is -3.24. The normalized spacial score (nSPS) is 15.4. The maximum absolute atomic E-state index is 12.5. The van der Waals surface area contributed by atoms with E-state index in [9.17, 15) is 13.2 Å². The molecule has 2 heterocycles. The van der Waals surface area contributed by atoms with Gasteiger partial charge in [-0.15, -0.1) is 0 Å². The van der Waals surface area contributed by atoms with Gasteiger partial charge in [-0.1, -0.05) is 36.3 Å². The molecule has 0 unspecified atom stereocenters. The molecule has 0 bridgehead atoms. The van der Waals surface area contributed by atoms with Crippen molar-refractivity contribution in [3.63, 3.8) is 0 Å². The van der Waals surface area contributed by atoms with Gasteiger partial charge in [0, 0.05) is 23.7 Å². The number of anilines is 2. The van der Waals surface area contributed by atoms with Crippen LogP contribution in [0.2, 0.25) is 0 Å². The second kappa shape index (κ2) is 7.71. The molecule has 4 rings (SSSR count). The molecule has 1 N–H and O–H groups in total. The molecule has 7 nitrogen and oxygen atoms in total. The van der Waals surface area contributed by atoms with Crippen LogP contribution in [0.4, 0.5) is 11.6 Å². The summed E-state index contributed by atoms with van der Waals surface area (Å²) in [6.45, 7) is 2.56. The number of nitrogens with zero attached hydrogens (tertiary/aromatic N) is 2. The molecular formula is C21H21N3O4S. The highest BCUT2D eigenvalue weighted by molar-refractivity contribution is 7.93. The second-order valence-electron chi connectivity index (χ2n) is 6.87. The molecular weight excluding hydrogens is 390 g/mol. The summed E-state index contributed by atoms with van der Waals surface area (Å²) in [5.74, 6) is 0.0464. The Labute approximate surface area is 169 Å². The second-order valence-corrected chi connectivity index (χ2v) is 8.88. The fourth-order valence-electron chi connectivity index (χ4n) is 3.27. The third-order valence-corrected chi connectivity index (χ3v) is 6.79. The third kappa shape index (κ3) is 4.02. The lowest BCUT2D eigenvalue weighted by atomic mass is 10.1. The van der Waals surface area contributed by atoms with Crippen LogP contribution in [-0.2, 0) is 16.4 Å². The molecule has 0 aliphatic carbocycles. The van der Waals surface area contributed by atoms with Crippen molar-refractivity contribution in [2.75, 3.05) is 21.9 Å². The highest BCUT2D eigenvalue weighted by Gasteiger charge is 2.28. The molecule has 8 heteroatoms. The first kappa shape index (κ1) is 19.2. The SMILES string of the molecule is CCc1ccc(-c2cc(NC(=O)c3ccc(N4CCCS4(=O)=O)cc3)on2)cc1. The van der Waals surface area contributed by atoms with Crippen molar-refractivity contribution in [2.24, 2.45) is 0 Å². The van der Waals surface area contributed by atoms with Crippen LogP contribution in [-0.4, -0.2) is 31.8 Å². The highest BCUT2D eigenvalue weighted by atomic mass is 32.2. The summed E-state index contributed by atoms with van der Waals surface area (Å²) < 4.78 is 30.6. The number of aromatic nitrogens is 1. The van der Waals surface area contributed by atoms with Gasteiger partial charge in [0.2, 0.25) is 15.9 Å². The Kier molecular flexibility index (Phi) is 5.10. The number of aryl methyl sites for hydroxylation is 1. The van der Waals surface area contributed by atoms with Gasteiger partial charge in [0.1, 0.15) is 5.69 Å². The van der Waals surface area contributed by atoms with Gasteiger partial charge in [-0.25, -0.2) is 8.42 Å². The summed E-state index contributed by atoms with van der Waals surface area (Å²) in [5.41, 5.74) is 3.74. The summed E-state index contributed by atoms with van der Waals surface area (Å²) in [5, 5.41) is 6.68. The van der Waals surface area contributed by atoms with Crippen LogP contribution in [0.5, 0.6) is 0 Å². The minimum Gasteiger partial charge on any atom is -0.338 e. The zero-order valence-electron chi connectivity index (χ0n) is 16.0. The number of carbonyl (C=O) groups is 1. The van der Waals surface area contributed by atoms with Gasteiger partial charge >= 0.3 is 0 Å². The van der Waals surface area contributed by atoms with E-state index in [1.165, 1.54) is 9.87 Å². The molecule has 1 amide bonds. The first-order chi connectivity index (χ1) is 14.0. The fraction of sp³-hybridized carbons (Fsp3) is 0.238. The van der Waals surface area contributed by atoms with Crippen LogP contribution in [0.25, 0.3) is 11.3 Å². The minimum atomic E-state index is -3.24. The van der Waals surface area contributed by atoms with Crippen LogP contribution in [0.3, 0.4) is 0 Å². The van der Waals surface area contributed by atoms with Gasteiger partial charge < -0.3 is 4.52 Å². The van der Waals surface area contributed by atoms with Gasteiger partial charge in [0.05, 0.1) is 11.4 Å². The lowest BCUT2D eigenvalue weighted by Gasteiger charge is -2.16. The van der Waals surface area contributed by atoms with E-state index < -0.39 is 10.0 Å². The van der Waals surface area contributed by atoms with Crippen molar-refractivity contribution < 1.29 is 17.7 Å². The smallest absolute Gasteiger partial charge is 0.258 e. The van der Waals surface area contributed by atoms with E-state index in [0.29, 0.717) is 29.9 Å². The predicted octanol–water partition coefficient (Wildman–Crippen LogP) is 3.70. The molecule has 0 spiro atoms. The van der Waals surface area contributed by atoms with Gasteiger partial charge in [-0.2, -0.15) is 0 Å². The van der Waals surface area contributed by atoms with E-state index in [1.807, 2.05) is 24.3 Å². The number of rotatable bonds is 5. The lowest BCUT2D eigenvalue weighted by Crippen LogP contribution is -2.25. The molecule has 29 heavy (non-hydrogen) atoms. The Balaban J connectivity index is 1.45. The average molecular weight is 411 g/mol. The first-order valence-electron chi connectivity index (χ1n) is 9.44. The summed E-state index contributed by atoms with van der Waals surface area (Å²) in [4.78, 5) is 12.5. The molecule has 1 saturated heterocycles. The van der Waals surface area contributed by atoms with Crippen molar-refractivity contribution in [1.82, 2.24) is 5.16 Å². The molecule has 0 atom stereocenters. The molecule has 0 saturated carbocycles. The number of benzene rings is 2. The Hall–Kier alpha value is -3.13. The number of amides is 1. The van der Waals surface area contributed by atoms with Gasteiger partial charge in [0.15, 0.2) is 0 Å². The fourth-order valence-corrected chi connectivity index (χ4v) is 4.84. The molecule has 2 aromatic carbocycles. The highest BCUT2D eigenvalue weighted by Crippen LogP contribution is 2.25. The van der Waals surface area contributed by atoms with Crippen LogP contribution >= 0.6 is 0 Å². The largest absolute Gasteiger partial charge is 0.338 e. The third-order valence-electron chi connectivity index (χ3n) is 4.92. The van der Waals surface area contributed by atoms with E-state index >= 15 is 0 Å². The van der Waals surface area contributed by atoms with Crippen molar-refractivity contribution in [2.45, 2.75) is 19.8 Å². The lowest BCUT2D eigenvalue weighted by molar-refractivity contribution is 0.102. The molecule has 1 aromatic heterocycles. The predicted molar refractivity (Wildman–Crippen MR) is 111 cm³/mol. The average Bonchev–Trinajstić information content (AvgIpc) is 3.34. The van der Waals surface area contributed by atoms with Crippen molar-refractivity contribution >= 4 is 27.5 Å². The Morgan fingerprint density at radius 2 is 1.86 bits per heavy atom. The number of sulfonamides is 1. The molecule has 0 radical (unpaired) electrons. The van der Waals surface area contributed by atoms with Crippen molar-refractivity contribution in [3.05, 3.63) is 65.7 Å². The van der Waals surface area contributed by atoms with Gasteiger partial charge in [-0.3, -0.25) is 14.4 Å². The Morgan fingerprint density at radius 1 is 1.14 bits per heavy atom. The van der Waals surface area contributed by atoms with Crippen molar-refractivity contribution in [3.8, 4) is 11.3 Å². The van der Waals surface area contributed by atoms with Gasteiger partial charge in [0.25, 0.3) is 5.91 Å². The molecule has 1 fully saturated rings. The Bertz CT molecular complexity index is 1120. The first-order valence-corrected chi connectivity index (χ1v) is 11.0. The zero-order chi connectivity index (χ0) is 20.4. The molecule has 1 aliphatic heterocycles. The van der Waals surface area contributed by atoms with E-state index in [1.54, 1.807) is 30.3 Å². The number of nitrogens with one attached hydrogen (secondary N) is 1.